The number of nitrogens with zero attached hydrogens (tertiary/aromatic N) is 8. The van der Waals surface area contributed by atoms with E-state index in [0.717, 1.165) is 38.4 Å². The minimum atomic E-state index is -3.68. The van der Waals surface area contributed by atoms with Gasteiger partial charge in [0.05, 0.1) is 11.2 Å². The lowest BCUT2D eigenvalue weighted by molar-refractivity contribution is 0.263. The van der Waals surface area contributed by atoms with Crippen molar-refractivity contribution in [2.24, 2.45) is 5.14 Å². The summed E-state index contributed by atoms with van der Waals surface area (Å²) in [6.45, 7) is 4.96. The van der Waals surface area contributed by atoms with Crippen LogP contribution in [0.3, 0.4) is 0 Å². The highest BCUT2D eigenvalue weighted by molar-refractivity contribution is 7.89. The van der Waals surface area contributed by atoms with Crippen LogP contribution in [0.5, 0.6) is 0 Å². The molecule has 0 bridgehead atoms. The first kappa shape index (κ1) is 23.0. The third-order valence-corrected chi connectivity index (χ3v) is 6.89. The van der Waals surface area contributed by atoms with Crippen molar-refractivity contribution < 1.29 is 12.8 Å². The zero-order chi connectivity index (χ0) is 24.6. The van der Waals surface area contributed by atoms with Crippen LogP contribution in [0.4, 0.5) is 17.6 Å². The first-order valence-electron chi connectivity index (χ1n) is 11.0. The van der Waals surface area contributed by atoms with Gasteiger partial charge in [-0.05, 0) is 36.4 Å². The van der Waals surface area contributed by atoms with Crippen LogP contribution in [0.2, 0.25) is 0 Å². The summed E-state index contributed by atoms with van der Waals surface area (Å²) in [6, 6.07) is 10.2. The number of likely N-dealkylation sites (N-methyl/N-ethyl adjacent to an activating group) is 1. The average molecular weight is 499 g/mol. The molecule has 0 amide bonds. The van der Waals surface area contributed by atoms with Crippen molar-refractivity contribution in [1.29, 1.82) is 0 Å². The van der Waals surface area contributed by atoms with Crippen molar-refractivity contribution in [1.82, 2.24) is 29.5 Å². The van der Waals surface area contributed by atoms with Gasteiger partial charge >= 0.3 is 0 Å². The quantitative estimate of drug-likeness (QED) is 0.359. The fourth-order valence-corrected chi connectivity index (χ4v) is 4.46. The molecule has 3 aromatic heterocycles. The summed E-state index contributed by atoms with van der Waals surface area (Å²) in [7, 11) is -1.77. The van der Waals surface area contributed by atoms with E-state index in [2.05, 4.69) is 29.9 Å². The molecule has 14 heteroatoms. The minimum Gasteiger partial charge on any atom is -0.461 e. The summed E-state index contributed by atoms with van der Waals surface area (Å²) in [5.74, 6) is 1.95. The molecule has 4 heterocycles. The lowest BCUT2D eigenvalue weighted by Gasteiger charge is -2.36. The Hall–Kier alpha value is -3.75. The molecule has 0 atom stereocenters. The van der Waals surface area contributed by atoms with Gasteiger partial charge in [-0.15, -0.1) is 5.10 Å². The van der Waals surface area contributed by atoms with Gasteiger partial charge < -0.3 is 20.0 Å². The Balaban J connectivity index is 1.17. The number of aromatic nitrogens is 5. The zero-order valence-corrected chi connectivity index (χ0v) is 20.0. The highest BCUT2D eigenvalue weighted by atomic mass is 32.2. The van der Waals surface area contributed by atoms with Crippen LogP contribution in [0, 0.1) is 0 Å². The van der Waals surface area contributed by atoms with Gasteiger partial charge in [0.1, 0.15) is 0 Å². The third-order valence-electron chi connectivity index (χ3n) is 5.96. The summed E-state index contributed by atoms with van der Waals surface area (Å²) >= 11 is 0. The summed E-state index contributed by atoms with van der Waals surface area (Å²) in [5.41, 5.74) is 7.08. The monoisotopic (exact) mass is 498 g/mol. The van der Waals surface area contributed by atoms with E-state index in [9.17, 15) is 8.42 Å². The van der Waals surface area contributed by atoms with E-state index in [-0.39, 0.29) is 10.8 Å². The summed E-state index contributed by atoms with van der Waals surface area (Å²) < 4.78 is 29.6. The zero-order valence-electron chi connectivity index (χ0n) is 19.1. The molecule has 1 aliphatic heterocycles. The third kappa shape index (κ3) is 4.89. The molecule has 1 saturated heterocycles. The normalized spacial score (nSPS) is 15.1. The first-order valence-corrected chi connectivity index (χ1v) is 12.6. The van der Waals surface area contributed by atoms with Crippen molar-refractivity contribution in [3.63, 3.8) is 0 Å². The Morgan fingerprint density at radius 2 is 1.80 bits per heavy atom. The molecule has 0 saturated carbocycles. The maximum absolute atomic E-state index is 11.5. The molecule has 13 nitrogen and oxygen atoms in total. The number of hydrogen-bond acceptors (Lipinski definition) is 11. The lowest BCUT2D eigenvalue weighted by Crippen LogP contribution is -2.48. The van der Waals surface area contributed by atoms with E-state index >= 15 is 0 Å². The maximum Gasteiger partial charge on any atom is 0.259 e. The van der Waals surface area contributed by atoms with Crippen LogP contribution < -0.4 is 20.7 Å². The number of fused-ring (bicyclic) bond motifs is 1. The fraction of sp³-hybridized carbons (Fsp3) is 0.333. The Morgan fingerprint density at radius 1 is 1.06 bits per heavy atom. The molecule has 0 unspecified atom stereocenters. The van der Waals surface area contributed by atoms with Gasteiger partial charge in [0.2, 0.25) is 27.7 Å². The van der Waals surface area contributed by atoms with Gasteiger partial charge in [0.25, 0.3) is 5.78 Å². The number of anilines is 3. The molecule has 4 N–H and O–H groups in total. The second kappa shape index (κ2) is 9.13. The van der Waals surface area contributed by atoms with Gasteiger partial charge in [0.15, 0.2) is 5.76 Å². The number of primary sulfonamides is 1. The van der Waals surface area contributed by atoms with Crippen molar-refractivity contribution in [2.45, 2.75) is 4.90 Å². The lowest BCUT2D eigenvalue weighted by atomic mass is 10.2. The SMILES string of the molecule is CN(CCN1CCN(c2ccc(S(N)(=O)=O)cc2)CC1)c1nc(N)n2nc(-c3ccco3)nc2n1. The molecule has 1 aliphatic rings. The van der Waals surface area contributed by atoms with Crippen LogP contribution in [-0.4, -0.2) is 84.2 Å². The molecule has 0 spiro atoms. The largest absolute Gasteiger partial charge is 0.461 e. The number of benzene rings is 1. The highest BCUT2D eigenvalue weighted by Crippen LogP contribution is 2.20. The standard InChI is InChI=1S/C21H26N10O3S/c1-28(20-25-19(22)31-21(26-20)24-18(27-31)17-3-2-14-34-17)8-9-29-10-12-30(13-11-29)15-4-6-16(7-5-15)35(23,32)33/h2-7,14H,8-13H2,1H3,(H2,23,32,33)(H2,22,24,25,26,27). The average Bonchev–Trinajstić information content (AvgIpc) is 3.53. The number of nitrogen functional groups attached to an aromatic ring is 1. The molecule has 184 valence electrons. The van der Waals surface area contributed by atoms with Crippen LogP contribution in [-0.2, 0) is 10.0 Å². The van der Waals surface area contributed by atoms with Crippen LogP contribution in [0.1, 0.15) is 0 Å². The Kier molecular flexibility index (Phi) is 6.00. The smallest absolute Gasteiger partial charge is 0.259 e. The van der Waals surface area contributed by atoms with Crippen molar-refractivity contribution in [3.05, 3.63) is 42.7 Å². The van der Waals surface area contributed by atoms with Gasteiger partial charge in [-0.3, -0.25) is 4.90 Å². The first-order chi connectivity index (χ1) is 16.8. The number of hydrogen-bond donors (Lipinski definition) is 2. The van der Waals surface area contributed by atoms with Gasteiger partial charge in [-0.1, -0.05) is 0 Å². The number of sulfonamides is 1. The van der Waals surface area contributed by atoms with Gasteiger partial charge in [-0.25, -0.2) is 13.6 Å². The molecule has 5 rings (SSSR count). The molecule has 35 heavy (non-hydrogen) atoms. The Morgan fingerprint density at radius 3 is 2.46 bits per heavy atom. The van der Waals surface area contributed by atoms with E-state index in [1.165, 1.54) is 4.52 Å². The molecular weight excluding hydrogens is 472 g/mol. The van der Waals surface area contributed by atoms with E-state index in [0.29, 0.717) is 29.9 Å². The van der Waals surface area contributed by atoms with Gasteiger partial charge in [0, 0.05) is 52.0 Å². The molecule has 0 radical (unpaired) electrons. The Bertz CT molecular complexity index is 1410. The van der Waals surface area contributed by atoms with E-state index < -0.39 is 10.0 Å². The predicted molar refractivity (Wildman–Crippen MR) is 130 cm³/mol. The minimum absolute atomic E-state index is 0.118. The topological polar surface area (TPSA) is 165 Å². The van der Waals surface area contributed by atoms with Crippen LogP contribution in [0.25, 0.3) is 17.4 Å². The fourth-order valence-electron chi connectivity index (χ4n) is 3.94. The van der Waals surface area contributed by atoms with Crippen molar-refractivity contribution in [3.8, 4) is 11.6 Å². The Labute approximate surface area is 202 Å². The van der Waals surface area contributed by atoms with Crippen molar-refractivity contribution >= 4 is 33.4 Å². The van der Waals surface area contributed by atoms with Gasteiger partial charge in [-0.2, -0.15) is 19.5 Å². The number of nitrogens with two attached hydrogens (primary N) is 2. The van der Waals surface area contributed by atoms with Crippen molar-refractivity contribution in [2.75, 3.05) is 61.8 Å². The van der Waals surface area contributed by atoms with E-state index in [4.69, 9.17) is 15.3 Å². The summed E-state index contributed by atoms with van der Waals surface area (Å²) in [5, 5.41) is 9.50. The molecule has 1 aromatic carbocycles. The molecule has 4 aromatic rings. The second-order valence-electron chi connectivity index (χ2n) is 8.30. The maximum atomic E-state index is 11.5. The number of piperazine rings is 1. The second-order valence-corrected chi connectivity index (χ2v) is 9.86. The van der Waals surface area contributed by atoms with Crippen LogP contribution >= 0.6 is 0 Å². The number of rotatable bonds is 7. The van der Waals surface area contributed by atoms with E-state index in [1.54, 1.807) is 42.7 Å². The number of furan rings is 1. The van der Waals surface area contributed by atoms with E-state index in [1.807, 2.05) is 11.9 Å². The summed E-state index contributed by atoms with van der Waals surface area (Å²) in [4.78, 5) is 19.9. The molecular formula is C21H26N10O3S. The van der Waals surface area contributed by atoms with Crippen LogP contribution in [0.15, 0.2) is 52.0 Å². The molecule has 0 aliphatic carbocycles. The molecule has 1 fully saturated rings. The predicted octanol–water partition coefficient (Wildman–Crippen LogP) is 0.267. The summed E-state index contributed by atoms with van der Waals surface area (Å²) in [6.07, 6.45) is 1.55. The highest BCUT2D eigenvalue weighted by Gasteiger charge is 2.20.